The summed E-state index contributed by atoms with van der Waals surface area (Å²) in [7, 11) is 0. The lowest BCUT2D eigenvalue weighted by atomic mass is 10.3. The molecule has 1 atom stereocenters. The Labute approximate surface area is 97.8 Å². The lowest BCUT2D eigenvalue weighted by molar-refractivity contribution is -0.125. The van der Waals surface area contributed by atoms with Gasteiger partial charge in [0.25, 0.3) is 0 Å². The molecule has 0 spiro atoms. The highest BCUT2D eigenvalue weighted by molar-refractivity contribution is 6.29. The molecule has 0 saturated carbocycles. The molecular formula is C9H13ClN4O2. The molecule has 0 aromatic carbocycles. The van der Waals surface area contributed by atoms with Crippen LogP contribution in [0.5, 0.6) is 0 Å². The Morgan fingerprint density at radius 3 is 2.94 bits per heavy atom. The van der Waals surface area contributed by atoms with Gasteiger partial charge in [0.2, 0.25) is 5.91 Å². The number of halogens is 1. The standard InChI is InChI=1S/C9H13ClN4O2/c1-2-7-13-6(10)3-8(14-7)12-4-5(15)9(11)16/h3,5,15H,2,4H2,1H3,(H2,11,16)(H,12,13,14). The number of aliphatic hydroxyl groups excluding tert-OH is 1. The number of aliphatic hydroxyl groups is 1. The second-order valence-electron chi connectivity index (χ2n) is 3.14. The number of nitrogens with one attached hydrogen (secondary N) is 1. The van der Waals surface area contributed by atoms with Crippen molar-refractivity contribution in [1.82, 2.24) is 9.97 Å². The van der Waals surface area contributed by atoms with Crippen LogP contribution < -0.4 is 11.1 Å². The van der Waals surface area contributed by atoms with Crippen molar-refractivity contribution in [2.24, 2.45) is 5.73 Å². The Morgan fingerprint density at radius 2 is 2.38 bits per heavy atom. The summed E-state index contributed by atoms with van der Waals surface area (Å²) in [5.41, 5.74) is 4.90. The van der Waals surface area contributed by atoms with Gasteiger partial charge in [0.15, 0.2) is 0 Å². The van der Waals surface area contributed by atoms with Gasteiger partial charge in [0.05, 0.1) is 6.54 Å². The van der Waals surface area contributed by atoms with Crippen LogP contribution in [0, 0.1) is 0 Å². The van der Waals surface area contributed by atoms with Crippen LogP contribution in [0.25, 0.3) is 0 Å². The first-order chi connectivity index (χ1) is 7.52. The number of hydrogen-bond acceptors (Lipinski definition) is 5. The van der Waals surface area contributed by atoms with E-state index in [1.165, 1.54) is 6.07 Å². The highest BCUT2D eigenvalue weighted by Crippen LogP contribution is 2.11. The number of nitrogens with two attached hydrogens (primary N) is 1. The Balaban J connectivity index is 2.66. The van der Waals surface area contributed by atoms with Crippen LogP contribution in [0.2, 0.25) is 5.15 Å². The van der Waals surface area contributed by atoms with Gasteiger partial charge in [0.1, 0.15) is 22.9 Å². The maximum absolute atomic E-state index is 10.6. The summed E-state index contributed by atoms with van der Waals surface area (Å²) in [6.45, 7) is 1.89. The fourth-order valence-electron chi connectivity index (χ4n) is 1.02. The lowest BCUT2D eigenvalue weighted by Gasteiger charge is -2.09. The maximum Gasteiger partial charge on any atom is 0.248 e. The molecule has 1 unspecified atom stereocenters. The lowest BCUT2D eigenvalue weighted by Crippen LogP contribution is -2.34. The molecule has 88 valence electrons. The van der Waals surface area contributed by atoms with Crippen LogP contribution in [0.1, 0.15) is 12.7 Å². The quantitative estimate of drug-likeness (QED) is 0.631. The maximum atomic E-state index is 10.6. The first kappa shape index (κ1) is 12.7. The van der Waals surface area contributed by atoms with Gasteiger partial charge in [-0.3, -0.25) is 4.79 Å². The number of primary amides is 1. The minimum absolute atomic E-state index is 0.00811. The van der Waals surface area contributed by atoms with Crippen molar-refractivity contribution in [2.75, 3.05) is 11.9 Å². The summed E-state index contributed by atoms with van der Waals surface area (Å²) in [5, 5.41) is 12.2. The number of aromatic nitrogens is 2. The Hall–Kier alpha value is -1.40. The van der Waals surface area contributed by atoms with Gasteiger partial charge < -0.3 is 16.2 Å². The molecule has 1 heterocycles. The molecule has 0 saturated heterocycles. The number of rotatable bonds is 5. The Morgan fingerprint density at radius 1 is 1.69 bits per heavy atom. The molecule has 1 aromatic rings. The minimum Gasteiger partial charge on any atom is -0.381 e. The predicted octanol–water partition coefficient (Wildman–Crippen LogP) is -0.0495. The zero-order valence-corrected chi connectivity index (χ0v) is 9.53. The third-order valence-corrected chi connectivity index (χ3v) is 2.06. The van der Waals surface area contributed by atoms with Crippen LogP contribution in [0.3, 0.4) is 0 Å². The molecule has 1 rings (SSSR count). The molecule has 1 aromatic heterocycles. The van der Waals surface area contributed by atoms with E-state index >= 15 is 0 Å². The molecule has 0 bridgehead atoms. The van der Waals surface area contributed by atoms with E-state index < -0.39 is 12.0 Å². The van der Waals surface area contributed by atoms with E-state index in [9.17, 15) is 9.90 Å². The van der Waals surface area contributed by atoms with Crippen molar-refractivity contribution < 1.29 is 9.90 Å². The van der Waals surface area contributed by atoms with Crippen LogP contribution >= 0.6 is 11.6 Å². The van der Waals surface area contributed by atoms with Crippen LogP contribution in [-0.4, -0.2) is 33.6 Å². The van der Waals surface area contributed by atoms with Crippen molar-refractivity contribution in [3.05, 3.63) is 17.0 Å². The Kier molecular flexibility index (Phi) is 4.45. The molecule has 0 aliphatic rings. The highest BCUT2D eigenvalue weighted by Gasteiger charge is 2.10. The fourth-order valence-corrected chi connectivity index (χ4v) is 1.22. The van der Waals surface area contributed by atoms with Crippen molar-refractivity contribution in [2.45, 2.75) is 19.4 Å². The minimum atomic E-state index is -1.25. The molecule has 6 nitrogen and oxygen atoms in total. The van der Waals surface area contributed by atoms with E-state index in [0.717, 1.165) is 0 Å². The first-order valence-electron chi connectivity index (χ1n) is 4.77. The number of hydrogen-bond donors (Lipinski definition) is 3. The first-order valence-corrected chi connectivity index (χ1v) is 5.15. The molecule has 0 aliphatic carbocycles. The monoisotopic (exact) mass is 244 g/mol. The molecule has 0 aliphatic heterocycles. The molecular weight excluding hydrogens is 232 g/mol. The zero-order chi connectivity index (χ0) is 12.1. The van der Waals surface area contributed by atoms with Crippen molar-refractivity contribution in [3.63, 3.8) is 0 Å². The molecule has 0 fully saturated rings. The van der Waals surface area contributed by atoms with E-state index in [-0.39, 0.29) is 6.54 Å². The van der Waals surface area contributed by atoms with E-state index in [1.54, 1.807) is 0 Å². The topological polar surface area (TPSA) is 101 Å². The van der Waals surface area contributed by atoms with Crippen LogP contribution in [0.15, 0.2) is 6.07 Å². The summed E-state index contributed by atoms with van der Waals surface area (Å²) >= 11 is 5.76. The summed E-state index contributed by atoms with van der Waals surface area (Å²) in [6.07, 6.45) is -0.605. The van der Waals surface area contributed by atoms with E-state index in [0.29, 0.717) is 23.2 Å². The van der Waals surface area contributed by atoms with E-state index in [2.05, 4.69) is 15.3 Å². The molecule has 16 heavy (non-hydrogen) atoms. The Bertz CT molecular complexity index is 386. The molecule has 7 heteroatoms. The predicted molar refractivity (Wildman–Crippen MR) is 60.1 cm³/mol. The van der Waals surface area contributed by atoms with Crippen molar-refractivity contribution in [1.29, 1.82) is 0 Å². The van der Waals surface area contributed by atoms with E-state index in [1.807, 2.05) is 6.92 Å². The third-order valence-electron chi connectivity index (χ3n) is 1.86. The molecule has 4 N–H and O–H groups in total. The average Bonchev–Trinajstić information content (AvgIpc) is 2.24. The van der Waals surface area contributed by atoms with E-state index in [4.69, 9.17) is 17.3 Å². The van der Waals surface area contributed by atoms with Gasteiger partial charge in [-0.25, -0.2) is 9.97 Å². The number of amides is 1. The zero-order valence-electron chi connectivity index (χ0n) is 8.77. The van der Waals surface area contributed by atoms with Gasteiger partial charge >= 0.3 is 0 Å². The SMILES string of the molecule is CCc1nc(Cl)cc(NCC(O)C(N)=O)n1. The number of aryl methyl sites for hydroxylation is 1. The van der Waals surface area contributed by atoms with Crippen molar-refractivity contribution in [3.8, 4) is 0 Å². The summed E-state index contributed by atoms with van der Waals surface area (Å²) in [6, 6.07) is 1.51. The highest BCUT2D eigenvalue weighted by atomic mass is 35.5. The molecule has 0 radical (unpaired) electrons. The van der Waals surface area contributed by atoms with Crippen LogP contribution in [-0.2, 0) is 11.2 Å². The summed E-state index contributed by atoms with van der Waals surface area (Å²) in [5.74, 6) is 0.254. The van der Waals surface area contributed by atoms with Gasteiger partial charge in [-0.05, 0) is 0 Å². The smallest absolute Gasteiger partial charge is 0.248 e. The van der Waals surface area contributed by atoms with Crippen LogP contribution in [0.4, 0.5) is 5.82 Å². The van der Waals surface area contributed by atoms with Gasteiger partial charge in [-0.2, -0.15) is 0 Å². The summed E-state index contributed by atoms with van der Waals surface area (Å²) < 4.78 is 0. The fraction of sp³-hybridized carbons (Fsp3) is 0.444. The molecule has 1 amide bonds. The van der Waals surface area contributed by atoms with Gasteiger partial charge in [-0.1, -0.05) is 18.5 Å². The second-order valence-corrected chi connectivity index (χ2v) is 3.53. The van der Waals surface area contributed by atoms with Gasteiger partial charge in [-0.15, -0.1) is 0 Å². The van der Waals surface area contributed by atoms with Gasteiger partial charge in [0, 0.05) is 12.5 Å². The number of anilines is 1. The normalized spacial score (nSPS) is 12.2. The van der Waals surface area contributed by atoms with Crippen molar-refractivity contribution >= 4 is 23.3 Å². The summed E-state index contributed by atoms with van der Waals surface area (Å²) in [4.78, 5) is 18.7. The number of nitrogens with zero attached hydrogens (tertiary/aromatic N) is 2. The third kappa shape index (κ3) is 3.63. The second kappa shape index (κ2) is 5.62. The average molecular weight is 245 g/mol. The number of carbonyl (C=O) groups is 1. The largest absolute Gasteiger partial charge is 0.381 e. The number of carbonyl (C=O) groups excluding carboxylic acids is 1.